The van der Waals surface area contributed by atoms with Gasteiger partial charge in [-0.15, -0.1) is 0 Å². The van der Waals surface area contributed by atoms with Crippen molar-refractivity contribution in [3.05, 3.63) is 59.2 Å². The van der Waals surface area contributed by atoms with Crippen molar-refractivity contribution in [3.8, 4) is 0 Å². The average molecular weight is 352 g/mol. The van der Waals surface area contributed by atoms with Gasteiger partial charge in [-0.25, -0.2) is 0 Å². The highest BCUT2D eigenvalue weighted by atomic mass is 16.2. The fraction of sp³-hybridized carbons (Fsp3) is 0.364. The van der Waals surface area contributed by atoms with E-state index in [1.54, 1.807) is 4.90 Å². The van der Waals surface area contributed by atoms with Crippen molar-refractivity contribution in [1.82, 2.24) is 0 Å². The smallest absolute Gasteiger partial charge is 0.244 e. The van der Waals surface area contributed by atoms with Crippen LogP contribution in [0.4, 0.5) is 11.4 Å². The number of hydrogen-bond donors (Lipinski definition) is 1. The summed E-state index contributed by atoms with van der Waals surface area (Å²) in [5, 5.41) is 2.96. The summed E-state index contributed by atoms with van der Waals surface area (Å²) < 4.78 is 0. The van der Waals surface area contributed by atoms with Crippen LogP contribution in [0, 0.1) is 13.8 Å². The highest BCUT2D eigenvalue weighted by Gasteiger charge is 2.24. The number of benzene rings is 2. The van der Waals surface area contributed by atoms with Gasteiger partial charge >= 0.3 is 0 Å². The van der Waals surface area contributed by atoms with Crippen molar-refractivity contribution in [2.75, 3.05) is 16.8 Å². The van der Waals surface area contributed by atoms with Crippen LogP contribution in [0.5, 0.6) is 0 Å². The Labute approximate surface area is 156 Å². The van der Waals surface area contributed by atoms with Crippen LogP contribution in [0.2, 0.25) is 0 Å². The zero-order valence-electron chi connectivity index (χ0n) is 16.5. The number of hydrogen-bond acceptors (Lipinski definition) is 2. The Balaban J connectivity index is 2.30. The van der Waals surface area contributed by atoms with Crippen molar-refractivity contribution in [3.63, 3.8) is 0 Å². The highest BCUT2D eigenvalue weighted by Crippen LogP contribution is 2.32. The van der Waals surface area contributed by atoms with E-state index in [4.69, 9.17) is 0 Å². The summed E-state index contributed by atoms with van der Waals surface area (Å²) >= 11 is 0. The van der Waals surface area contributed by atoms with Crippen LogP contribution in [0.1, 0.15) is 44.4 Å². The van der Waals surface area contributed by atoms with E-state index in [1.807, 2.05) is 56.3 Å². The lowest BCUT2D eigenvalue weighted by molar-refractivity contribution is -0.120. The predicted octanol–water partition coefficient (Wildman–Crippen LogP) is 4.59. The maximum absolute atomic E-state index is 12.7. The number of carbonyl (C=O) groups is 2. The molecule has 0 radical (unpaired) electrons. The molecule has 4 nitrogen and oxygen atoms in total. The molecule has 0 bridgehead atoms. The number of para-hydroxylation sites is 2. The highest BCUT2D eigenvalue weighted by molar-refractivity contribution is 6.02. The minimum Gasteiger partial charge on any atom is -0.324 e. The van der Waals surface area contributed by atoms with Crippen LogP contribution < -0.4 is 10.2 Å². The largest absolute Gasteiger partial charge is 0.324 e. The summed E-state index contributed by atoms with van der Waals surface area (Å²) in [5.74, 6) is -0.361. The van der Waals surface area contributed by atoms with E-state index < -0.39 is 0 Å². The van der Waals surface area contributed by atoms with Gasteiger partial charge in [0.1, 0.15) is 6.54 Å². The third-order valence-corrected chi connectivity index (χ3v) is 4.43. The quantitative estimate of drug-likeness (QED) is 0.875. The molecule has 0 saturated heterocycles. The van der Waals surface area contributed by atoms with Gasteiger partial charge in [0.2, 0.25) is 11.8 Å². The Morgan fingerprint density at radius 3 is 2.08 bits per heavy atom. The van der Waals surface area contributed by atoms with Crippen molar-refractivity contribution in [2.45, 2.75) is 47.0 Å². The lowest BCUT2D eigenvalue weighted by atomic mass is 9.85. The number of amides is 2. The first-order valence-electron chi connectivity index (χ1n) is 8.85. The molecule has 0 aliphatic carbocycles. The Morgan fingerprint density at radius 2 is 1.54 bits per heavy atom. The van der Waals surface area contributed by atoms with E-state index in [0.29, 0.717) is 0 Å². The molecule has 0 aliphatic rings. The van der Waals surface area contributed by atoms with E-state index >= 15 is 0 Å². The number of rotatable bonds is 4. The summed E-state index contributed by atoms with van der Waals surface area (Å²) in [5.41, 5.74) is 4.50. The van der Waals surface area contributed by atoms with Crippen molar-refractivity contribution < 1.29 is 9.59 Å². The Kier molecular flexibility index (Phi) is 5.86. The Bertz CT molecular complexity index is 799. The van der Waals surface area contributed by atoms with Crippen LogP contribution in [-0.4, -0.2) is 18.4 Å². The third-order valence-electron chi connectivity index (χ3n) is 4.43. The van der Waals surface area contributed by atoms with Crippen LogP contribution in [0.25, 0.3) is 0 Å². The van der Waals surface area contributed by atoms with Gasteiger partial charge in [-0.3, -0.25) is 9.59 Å². The molecule has 1 N–H and O–H groups in total. The normalized spacial score (nSPS) is 11.2. The van der Waals surface area contributed by atoms with Gasteiger partial charge in [-0.1, -0.05) is 57.2 Å². The van der Waals surface area contributed by atoms with Gasteiger partial charge in [0.05, 0.1) is 0 Å². The standard InChI is InChI=1S/C22H28N2O2/c1-15-10-9-11-16(2)21(15)23-20(26)14-24(17(3)25)19-13-8-7-12-18(19)22(4,5)6/h7-13H,14H2,1-6H3,(H,23,26). The van der Waals surface area contributed by atoms with Crippen LogP contribution in [-0.2, 0) is 15.0 Å². The molecular formula is C22H28N2O2. The summed E-state index contributed by atoms with van der Waals surface area (Å²) in [4.78, 5) is 26.5. The molecule has 2 aromatic carbocycles. The molecule has 4 heteroatoms. The summed E-state index contributed by atoms with van der Waals surface area (Å²) in [7, 11) is 0. The molecule has 0 atom stereocenters. The zero-order chi connectivity index (χ0) is 19.5. The number of aryl methyl sites for hydroxylation is 2. The maximum Gasteiger partial charge on any atom is 0.244 e. The van der Waals surface area contributed by atoms with Gasteiger partial charge in [0, 0.05) is 18.3 Å². The van der Waals surface area contributed by atoms with Crippen LogP contribution in [0.3, 0.4) is 0 Å². The molecule has 0 unspecified atom stereocenters. The number of nitrogens with one attached hydrogen (secondary N) is 1. The molecule has 0 aliphatic heterocycles. The van der Waals surface area contributed by atoms with E-state index in [-0.39, 0.29) is 23.8 Å². The van der Waals surface area contributed by atoms with E-state index in [2.05, 4.69) is 26.1 Å². The molecule has 0 heterocycles. The SMILES string of the molecule is CC(=O)N(CC(=O)Nc1c(C)cccc1C)c1ccccc1C(C)(C)C. The molecule has 138 valence electrons. The molecule has 2 rings (SSSR count). The van der Waals surface area contributed by atoms with Gasteiger partial charge in [0.25, 0.3) is 0 Å². The molecule has 2 amide bonds. The van der Waals surface area contributed by atoms with Gasteiger partial charge < -0.3 is 10.2 Å². The second-order valence-corrected chi connectivity index (χ2v) is 7.69. The number of carbonyl (C=O) groups excluding carboxylic acids is 2. The van der Waals surface area contributed by atoms with Crippen molar-refractivity contribution >= 4 is 23.2 Å². The van der Waals surface area contributed by atoms with Crippen molar-refractivity contribution in [1.29, 1.82) is 0 Å². The monoisotopic (exact) mass is 352 g/mol. The lowest BCUT2D eigenvalue weighted by Gasteiger charge is -2.29. The fourth-order valence-electron chi connectivity index (χ4n) is 3.04. The molecule has 0 spiro atoms. The van der Waals surface area contributed by atoms with E-state index in [9.17, 15) is 9.59 Å². The summed E-state index contributed by atoms with van der Waals surface area (Å²) in [6.45, 7) is 11.7. The van der Waals surface area contributed by atoms with Crippen LogP contribution >= 0.6 is 0 Å². The molecule has 0 saturated carbocycles. The second kappa shape index (κ2) is 7.73. The Hall–Kier alpha value is -2.62. The molecule has 26 heavy (non-hydrogen) atoms. The first kappa shape index (κ1) is 19.7. The molecule has 0 fully saturated rings. The Morgan fingerprint density at radius 1 is 0.962 bits per heavy atom. The van der Waals surface area contributed by atoms with Gasteiger partial charge in [-0.05, 0) is 42.0 Å². The average Bonchev–Trinajstić information content (AvgIpc) is 2.55. The predicted molar refractivity (Wildman–Crippen MR) is 108 cm³/mol. The summed E-state index contributed by atoms with van der Waals surface area (Å²) in [6, 6.07) is 13.6. The van der Waals surface area contributed by atoms with E-state index in [0.717, 1.165) is 28.1 Å². The lowest BCUT2D eigenvalue weighted by Crippen LogP contribution is -2.38. The summed E-state index contributed by atoms with van der Waals surface area (Å²) in [6.07, 6.45) is 0. The first-order valence-corrected chi connectivity index (χ1v) is 8.85. The van der Waals surface area contributed by atoms with Gasteiger partial charge in [0.15, 0.2) is 0 Å². The number of anilines is 2. The number of nitrogens with zero attached hydrogens (tertiary/aromatic N) is 1. The molecular weight excluding hydrogens is 324 g/mol. The fourth-order valence-corrected chi connectivity index (χ4v) is 3.04. The first-order chi connectivity index (χ1) is 12.1. The molecule has 2 aromatic rings. The minimum atomic E-state index is -0.207. The maximum atomic E-state index is 12.7. The molecule has 0 aromatic heterocycles. The topological polar surface area (TPSA) is 49.4 Å². The minimum absolute atomic E-state index is 0.0177. The van der Waals surface area contributed by atoms with E-state index in [1.165, 1.54) is 6.92 Å². The van der Waals surface area contributed by atoms with Crippen LogP contribution in [0.15, 0.2) is 42.5 Å². The second-order valence-electron chi connectivity index (χ2n) is 7.69. The van der Waals surface area contributed by atoms with Crippen molar-refractivity contribution in [2.24, 2.45) is 0 Å². The third kappa shape index (κ3) is 4.51. The zero-order valence-corrected chi connectivity index (χ0v) is 16.5. The van der Waals surface area contributed by atoms with Gasteiger partial charge in [-0.2, -0.15) is 0 Å².